The van der Waals surface area contributed by atoms with Crippen LogP contribution in [0.15, 0.2) is 36.4 Å². The minimum absolute atomic E-state index is 0.0103. The maximum absolute atomic E-state index is 12.9. The summed E-state index contributed by atoms with van der Waals surface area (Å²) in [5.41, 5.74) is 5.02. The van der Waals surface area contributed by atoms with Crippen LogP contribution < -0.4 is 0 Å². The van der Waals surface area contributed by atoms with Crippen molar-refractivity contribution in [3.63, 3.8) is 0 Å². The summed E-state index contributed by atoms with van der Waals surface area (Å²) < 4.78 is 0. The van der Waals surface area contributed by atoms with E-state index in [4.69, 9.17) is 23.2 Å². The Morgan fingerprint density at radius 1 is 1.20 bits per heavy atom. The zero-order chi connectivity index (χ0) is 17.7. The van der Waals surface area contributed by atoms with Crippen LogP contribution >= 0.6 is 23.2 Å². The van der Waals surface area contributed by atoms with Gasteiger partial charge in [-0.1, -0.05) is 36.2 Å². The van der Waals surface area contributed by atoms with E-state index in [1.54, 1.807) is 6.07 Å². The van der Waals surface area contributed by atoms with E-state index in [-0.39, 0.29) is 11.8 Å². The van der Waals surface area contributed by atoms with E-state index in [0.29, 0.717) is 23.7 Å². The monoisotopic (exact) mass is 372 g/mol. The summed E-state index contributed by atoms with van der Waals surface area (Å²) in [6.45, 7) is 5.32. The number of nitrogens with zero attached hydrogens (tertiary/aromatic N) is 1. The van der Waals surface area contributed by atoms with Gasteiger partial charge in [0.25, 0.3) is 5.91 Å². The normalized spacial score (nSPS) is 17.0. The minimum Gasteiger partial charge on any atom is -0.357 e. The first-order valence-electron chi connectivity index (χ1n) is 8.29. The molecule has 1 N–H and O–H groups in total. The zero-order valence-corrected chi connectivity index (χ0v) is 15.6. The number of aromatic amines is 1. The second-order valence-corrected chi connectivity index (χ2v) is 7.60. The number of rotatable bonds is 1. The number of carbonyl (C=O) groups is 1. The molecule has 25 heavy (non-hydrogen) atoms. The maximum atomic E-state index is 12.9. The molecule has 0 spiro atoms. The number of fused-ring (bicyclic) bond motifs is 3. The Morgan fingerprint density at radius 3 is 2.76 bits per heavy atom. The number of hydrogen-bond donors (Lipinski definition) is 1. The van der Waals surface area contributed by atoms with Gasteiger partial charge < -0.3 is 9.88 Å². The third kappa shape index (κ3) is 2.82. The number of H-pyrrole nitrogens is 1. The van der Waals surface area contributed by atoms with Crippen molar-refractivity contribution in [2.24, 2.45) is 0 Å². The first kappa shape index (κ1) is 16.5. The molecular weight excluding hydrogens is 355 g/mol. The molecule has 2 heterocycles. The van der Waals surface area contributed by atoms with Crippen LogP contribution in [-0.4, -0.2) is 22.3 Å². The molecule has 2 aromatic carbocycles. The second-order valence-electron chi connectivity index (χ2n) is 6.76. The molecule has 128 valence electrons. The van der Waals surface area contributed by atoms with Gasteiger partial charge in [-0.3, -0.25) is 4.79 Å². The summed E-state index contributed by atoms with van der Waals surface area (Å²) in [6, 6.07) is 11.4. The predicted octanol–water partition coefficient (Wildman–Crippen LogP) is 5.54. The summed E-state index contributed by atoms with van der Waals surface area (Å²) in [4.78, 5) is 18.3. The molecule has 5 heteroatoms. The van der Waals surface area contributed by atoms with E-state index in [9.17, 15) is 4.79 Å². The van der Waals surface area contributed by atoms with Crippen molar-refractivity contribution >= 4 is 40.0 Å². The first-order chi connectivity index (χ1) is 11.9. The van der Waals surface area contributed by atoms with E-state index in [1.165, 1.54) is 5.56 Å². The molecule has 1 aromatic heterocycles. The van der Waals surface area contributed by atoms with Crippen LogP contribution in [0.4, 0.5) is 0 Å². The summed E-state index contributed by atoms with van der Waals surface area (Å²) in [5.74, 6) is 0.247. The highest BCUT2D eigenvalue weighted by Gasteiger charge is 2.29. The quantitative estimate of drug-likeness (QED) is 0.597. The Kier molecular flexibility index (Phi) is 4.01. The van der Waals surface area contributed by atoms with Crippen LogP contribution in [0.1, 0.15) is 40.0 Å². The third-order valence-corrected chi connectivity index (χ3v) is 5.57. The minimum atomic E-state index is 0.0103. The van der Waals surface area contributed by atoms with Gasteiger partial charge in [-0.2, -0.15) is 0 Å². The molecule has 3 nitrogen and oxygen atoms in total. The van der Waals surface area contributed by atoms with Gasteiger partial charge >= 0.3 is 0 Å². The van der Waals surface area contributed by atoms with E-state index >= 15 is 0 Å². The Morgan fingerprint density at radius 2 is 2.00 bits per heavy atom. The summed E-state index contributed by atoms with van der Waals surface area (Å²) in [5, 5.41) is 2.51. The van der Waals surface area contributed by atoms with Gasteiger partial charge in [-0.05, 0) is 48.4 Å². The average Bonchev–Trinajstić information content (AvgIpc) is 2.94. The lowest BCUT2D eigenvalue weighted by atomic mass is 9.93. The molecule has 0 bridgehead atoms. The van der Waals surface area contributed by atoms with Crippen molar-refractivity contribution in [3.05, 3.63) is 68.8 Å². The fourth-order valence-electron chi connectivity index (χ4n) is 3.67. The molecule has 4 rings (SSSR count). The molecule has 1 atom stereocenters. The maximum Gasteiger partial charge on any atom is 0.254 e. The number of benzene rings is 2. The smallest absolute Gasteiger partial charge is 0.254 e. The number of carbonyl (C=O) groups excluding carboxylic acids is 1. The Hall–Kier alpha value is -1.97. The zero-order valence-electron chi connectivity index (χ0n) is 14.1. The van der Waals surface area contributed by atoms with E-state index in [1.807, 2.05) is 42.2 Å². The number of halogens is 2. The molecule has 1 aliphatic heterocycles. The summed E-state index contributed by atoms with van der Waals surface area (Å²) in [7, 11) is 0. The largest absolute Gasteiger partial charge is 0.357 e. The van der Waals surface area contributed by atoms with Crippen molar-refractivity contribution in [1.29, 1.82) is 0 Å². The molecular formula is C20H18Cl2N2O. The number of nitrogens with one attached hydrogen (secondary N) is 1. The van der Waals surface area contributed by atoms with Gasteiger partial charge in [-0.25, -0.2) is 0 Å². The van der Waals surface area contributed by atoms with Gasteiger partial charge in [-0.15, -0.1) is 0 Å². The molecule has 1 amide bonds. The summed E-state index contributed by atoms with van der Waals surface area (Å²) >= 11 is 12.3. The highest BCUT2D eigenvalue weighted by molar-refractivity contribution is 6.32. The standard InChI is InChI=1S/C20H18Cl2N2O/c1-11-3-4-13(7-16(11)22)20(25)24-9-12(2)19-15-8-14(21)5-6-17(15)23-18(19)10-24/h3-8,12,23H,9-10H2,1-2H3. The lowest BCUT2D eigenvalue weighted by molar-refractivity contribution is 0.0719. The third-order valence-electron chi connectivity index (χ3n) is 4.92. The van der Waals surface area contributed by atoms with Crippen molar-refractivity contribution in [3.8, 4) is 0 Å². The van der Waals surface area contributed by atoms with Gasteiger partial charge in [0.2, 0.25) is 0 Å². The fraction of sp³-hybridized carbons (Fsp3) is 0.250. The van der Waals surface area contributed by atoms with E-state index in [2.05, 4.69) is 11.9 Å². The number of amides is 1. The van der Waals surface area contributed by atoms with Crippen LogP contribution in [0.2, 0.25) is 10.0 Å². The SMILES string of the molecule is Cc1ccc(C(=O)N2Cc3[nH]c4ccc(Cl)cc4c3C(C)C2)cc1Cl. The van der Waals surface area contributed by atoms with Crippen LogP contribution in [-0.2, 0) is 6.54 Å². The average molecular weight is 373 g/mol. The Bertz CT molecular complexity index is 993. The van der Waals surface area contributed by atoms with E-state index in [0.717, 1.165) is 27.2 Å². The highest BCUT2D eigenvalue weighted by atomic mass is 35.5. The van der Waals surface area contributed by atoms with Gasteiger partial charge in [0, 0.05) is 44.7 Å². The molecule has 1 unspecified atom stereocenters. The van der Waals surface area contributed by atoms with Crippen molar-refractivity contribution in [2.45, 2.75) is 26.3 Å². The lowest BCUT2D eigenvalue weighted by Crippen LogP contribution is -2.37. The Labute approximate surface area is 156 Å². The topological polar surface area (TPSA) is 36.1 Å². The van der Waals surface area contributed by atoms with Crippen molar-refractivity contribution in [2.75, 3.05) is 6.54 Å². The first-order valence-corrected chi connectivity index (χ1v) is 9.05. The predicted molar refractivity (Wildman–Crippen MR) is 103 cm³/mol. The molecule has 0 radical (unpaired) electrons. The fourth-order valence-corrected chi connectivity index (χ4v) is 4.02. The lowest BCUT2D eigenvalue weighted by Gasteiger charge is -2.31. The van der Waals surface area contributed by atoms with Crippen LogP contribution in [0, 0.1) is 6.92 Å². The molecule has 0 saturated heterocycles. The van der Waals surface area contributed by atoms with Gasteiger partial charge in [0.15, 0.2) is 0 Å². The van der Waals surface area contributed by atoms with Crippen molar-refractivity contribution in [1.82, 2.24) is 9.88 Å². The van der Waals surface area contributed by atoms with Crippen LogP contribution in [0.5, 0.6) is 0 Å². The summed E-state index contributed by atoms with van der Waals surface area (Å²) in [6.07, 6.45) is 0. The molecule has 0 saturated carbocycles. The second kappa shape index (κ2) is 6.08. The van der Waals surface area contributed by atoms with Gasteiger partial charge in [0.1, 0.15) is 0 Å². The van der Waals surface area contributed by atoms with Gasteiger partial charge in [0.05, 0.1) is 6.54 Å². The molecule has 0 aliphatic carbocycles. The number of aryl methyl sites for hydroxylation is 1. The number of aromatic nitrogens is 1. The van der Waals surface area contributed by atoms with Crippen molar-refractivity contribution < 1.29 is 4.79 Å². The van der Waals surface area contributed by atoms with Crippen LogP contribution in [0.25, 0.3) is 10.9 Å². The molecule has 1 aliphatic rings. The highest BCUT2D eigenvalue weighted by Crippen LogP contribution is 2.36. The molecule has 0 fully saturated rings. The molecule has 3 aromatic rings. The number of hydrogen-bond acceptors (Lipinski definition) is 1. The van der Waals surface area contributed by atoms with Crippen LogP contribution in [0.3, 0.4) is 0 Å². The van der Waals surface area contributed by atoms with E-state index < -0.39 is 0 Å². The Balaban J connectivity index is 1.70.